The Morgan fingerprint density at radius 1 is 1.33 bits per heavy atom. The van der Waals surface area contributed by atoms with Crippen LogP contribution in [0.4, 0.5) is 5.13 Å². The van der Waals surface area contributed by atoms with Crippen molar-refractivity contribution in [3.8, 4) is 11.5 Å². The summed E-state index contributed by atoms with van der Waals surface area (Å²) in [7, 11) is 1.29. The molecular weight excluding hydrogens is 296 g/mol. The summed E-state index contributed by atoms with van der Waals surface area (Å²) in [4.78, 5) is 27.1. The predicted octanol–water partition coefficient (Wildman–Crippen LogP) is 1.52. The second kappa shape index (κ2) is 6.23. The Kier molecular flexibility index (Phi) is 4.39. The first-order valence-corrected chi connectivity index (χ1v) is 6.72. The van der Waals surface area contributed by atoms with Crippen LogP contribution in [-0.2, 0) is 16.0 Å². The molecule has 1 aromatic heterocycles. The molecule has 0 bridgehead atoms. The van der Waals surface area contributed by atoms with E-state index in [2.05, 4.69) is 15.0 Å². The van der Waals surface area contributed by atoms with Gasteiger partial charge in [-0.2, -0.15) is 0 Å². The Balaban J connectivity index is 2.05. The maximum atomic E-state index is 11.9. The number of esters is 1. The van der Waals surface area contributed by atoms with Gasteiger partial charge in [-0.15, -0.1) is 11.3 Å². The maximum Gasteiger partial charge on any atom is 0.311 e. The molecule has 21 heavy (non-hydrogen) atoms. The van der Waals surface area contributed by atoms with Crippen molar-refractivity contribution in [2.24, 2.45) is 0 Å². The molecule has 7 nitrogen and oxygen atoms in total. The second-order valence-electron chi connectivity index (χ2n) is 4.05. The Morgan fingerprint density at radius 3 is 2.76 bits per heavy atom. The van der Waals surface area contributed by atoms with E-state index in [1.54, 1.807) is 5.38 Å². The van der Waals surface area contributed by atoms with E-state index in [4.69, 9.17) is 0 Å². The molecule has 3 N–H and O–H groups in total. The third kappa shape index (κ3) is 3.69. The van der Waals surface area contributed by atoms with Gasteiger partial charge in [0.2, 0.25) is 0 Å². The largest absolute Gasteiger partial charge is 0.504 e. The number of aromatic hydroxyl groups is 2. The van der Waals surface area contributed by atoms with Gasteiger partial charge in [-0.25, -0.2) is 4.98 Å². The number of carbonyl (C=O) groups excluding carboxylic acids is 2. The quantitative estimate of drug-likeness (QED) is 0.583. The van der Waals surface area contributed by atoms with Crippen LogP contribution in [0.15, 0.2) is 23.6 Å². The zero-order chi connectivity index (χ0) is 15.4. The van der Waals surface area contributed by atoms with E-state index in [-0.39, 0.29) is 23.5 Å². The predicted molar refractivity (Wildman–Crippen MR) is 75.6 cm³/mol. The Bertz CT molecular complexity index is 683. The van der Waals surface area contributed by atoms with Crippen molar-refractivity contribution in [3.05, 3.63) is 34.8 Å². The van der Waals surface area contributed by atoms with Crippen LogP contribution in [0.25, 0.3) is 0 Å². The highest BCUT2D eigenvalue weighted by atomic mass is 32.1. The van der Waals surface area contributed by atoms with Crippen molar-refractivity contribution >= 4 is 28.3 Å². The number of phenolic OH excluding ortho intramolecular Hbond substituents is 2. The second-order valence-corrected chi connectivity index (χ2v) is 4.91. The van der Waals surface area contributed by atoms with Gasteiger partial charge < -0.3 is 14.9 Å². The van der Waals surface area contributed by atoms with E-state index >= 15 is 0 Å². The Morgan fingerprint density at radius 2 is 2.10 bits per heavy atom. The number of methoxy groups -OCH3 is 1. The van der Waals surface area contributed by atoms with Crippen molar-refractivity contribution in [2.75, 3.05) is 12.4 Å². The van der Waals surface area contributed by atoms with Crippen LogP contribution in [0.5, 0.6) is 11.5 Å². The molecule has 110 valence electrons. The number of nitrogens with zero attached hydrogens (tertiary/aromatic N) is 1. The van der Waals surface area contributed by atoms with Crippen LogP contribution in [0.1, 0.15) is 16.1 Å². The van der Waals surface area contributed by atoms with E-state index < -0.39 is 11.9 Å². The highest BCUT2D eigenvalue weighted by Gasteiger charge is 2.12. The number of thiazole rings is 1. The minimum absolute atomic E-state index is 0.0306. The SMILES string of the molecule is COC(=O)Cc1csc(NC(=O)c2ccc(O)c(O)c2)n1. The van der Waals surface area contributed by atoms with E-state index in [1.807, 2.05) is 0 Å². The van der Waals surface area contributed by atoms with Gasteiger partial charge >= 0.3 is 5.97 Å². The van der Waals surface area contributed by atoms with Crippen molar-refractivity contribution in [2.45, 2.75) is 6.42 Å². The smallest absolute Gasteiger partial charge is 0.311 e. The first kappa shape index (κ1) is 14.8. The lowest BCUT2D eigenvalue weighted by molar-refractivity contribution is -0.139. The summed E-state index contributed by atoms with van der Waals surface area (Å²) in [5, 5.41) is 23.0. The van der Waals surface area contributed by atoms with Crippen LogP contribution in [-0.4, -0.2) is 34.2 Å². The van der Waals surface area contributed by atoms with Gasteiger partial charge in [0.25, 0.3) is 5.91 Å². The zero-order valence-electron chi connectivity index (χ0n) is 11.0. The molecule has 0 fully saturated rings. The third-order valence-electron chi connectivity index (χ3n) is 2.56. The molecule has 1 aromatic carbocycles. The average Bonchev–Trinajstić information content (AvgIpc) is 2.88. The van der Waals surface area contributed by atoms with Gasteiger partial charge in [-0.1, -0.05) is 0 Å². The fraction of sp³-hybridized carbons (Fsp3) is 0.154. The lowest BCUT2D eigenvalue weighted by atomic mass is 10.2. The standard InChI is InChI=1S/C13H12N2O5S/c1-20-11(18)5-8-6-21-13(14-8)15-12(19)7-2-3-9(16)10(17)4-7/h2-4,6,16-17H,5H2,1H3,(H,14,15,19). The molecule has 0 saturated carbocycles. The van der Waals surface area contributed by atoms with E-state index in [0.29, 0.717) is 10.8 Å². The molecule has 0 spiro atoms. The molecular formula is C13H12N2O5S. The molecule has 8 heteroatoms. The summed E-state index contributed by atoms with van der Waals surface area (Å²) in [5.41, 5.74) is 0.672. The summed E-state index contributed by atoms with van der Waals surface area (Å²) in [5.74, 6) is -1.58. The number of nitrogens with one attached hydrogen (secondary N) is 1. The number of aromatic nitrogens is 1. The van der Waals surface area contributed by atoms with Crippen LogP contribution in [0.2, 0.25) is 0 Å². The van der Waals surface area contributed by atoms with E-state index in [9.17, 15) is 19.8 Å². The molecule has 0 aliphatic heterocycles. The number of hydrogen-bond acceptors (Lipinski definition) is 7. The molecule has 1 amide bonds. The highest BCUT2D eigenvalue weighted by Crippen LogP contribution is 2.25. The summed E-state index contributed by atoms with van der Waals surface area (Å²) in [6, 6.07) is 3.73. The molecule has 0 atom stereocenters. The molecule has 0 unspecified atom stereocenters. The Labute approximate surface area is 123 Å². The number of ether oxygens (including phenoxy) is 1. The number of hydrogen-bond donors (Lipinski definition) is 3. The van der Waals surface area contributed by atoms with E-state index in [0.717, 1.165) is 6.07 Å². The molecule has 0 saturated heterocycles. The first-order chi connectivity index (χ1) is 9.99. The lowest BCUT2D eigenvalue weighted by Gasteiger charge is -2.03. The average molecular weight is 308 g/mol. The summed E-state index contributed by atoms with van der Waals surface area (Å²) in [6.07, 6.45) is 0.0306. The van der Waals surface area contributed by atoms with Crippen molar-refractivity contribution < 1.29 is 24.5 Å². The molecule has 2 rings (SSSR count). The molecule has 0 radical (unpaired) electrons. The van der Waals surface area contributed by atoms with Crippen molar-refractivity contribution in [1.29, 1.82) is 0 Å². The van der Waals surface area contributed by atoms with Crippen molar-refractivity contribution in [3.63, 3.8) is 0 Å². The summed E-state index contributed by atoms with van der Waals surface area (Å²) >= 11 is 1.17. The summed E-state index contributed by atoms with van der Waals surface area (Å²) < 4.78 is 4.53. The number of anilines is 1. The lowest BCUT2D eigenvalue weighted by Crippen LogP contribution is -2.12. The fourth-order valence-corrected chi connectivity index (χ4v) is 2.20. The van der Waals surface area contributed by atoms with Crippen LogP contribution < -0.4 is 5.32 Å². The molecule has 2 aromatic rings. The van der Waals surface area contributed by atoms with Crippen LogP contribution >= 0.6 is 11.3 Å². The topological polar surface area (TPSA) is 109 Å². The number of amides is 1. The number of carbonyl (C=O) groups is 2. The van der Waals surface area contributed by atoms with Crippen LogP contribution in [0, 0.1) is 0 Å². The van der Waals surface area contributed by atoms with Crippen LogP contribution in [0.3, 0.4) is 0 Å². The van der Waals surface area contributed by atoms with Gasteiger partial charge in [-0.3, -0.25) is 14.9 Å². The fourth-order valence-electron chi connectivity index (χ4n) is 1.50. The monoisotopic (exact) mass is 308 g/mol. The first-order valence-electron chi connectivity index (χ1n) is 5.84. The van der Waals surface area contributed by atoms with E-state index in [1.165, 1.54) is 30.6 Å². The molecule has 0 aliphatic carbocycles. The maximum absolute atomic E-state index is 11.9. The Hall–Kier alpha value is -2.61. The molecule has 0 aliphatic rings. The van der Waals surface area contributed by atoms with Gasteiger partial charge in [-0.05, 0) is 18.2 Å². The van der Waals surface area contributed by atoms with Gasteiger partial charge in [0, 0.05) is 10.9 Å². The number of rotatable bonds is 4. The minimum atomic E-state index is -0.482. The minimum Gasteiger partial charge on any atom is -0.504 e. The van der Waals surface area contributed by atoms with Gasteiger partial charge in [0.1, 0.15) is 0 Å². The highest BCUT2D eigenvalue weighted by molar-refractivity contribution is 7.14. The number of phenols is 2. The zero-order valence-corrected chi connectivity index (χ0v) is 11.8. The normalized spacial score (nSPS) is 10.1. The number of benzene rings is 1. The van der Waals surface area contributed by atoms with Gasteiger partial charge in [0.15, 0.2) is 16.6 Å². The summed E-state index contributed by atoms with van der Waals surface area (Å²) in [6.45, 7) is 0. The molecule has 1 heterocycles. The van der Waals surface area contributed by atoms with Crippen molar-refractivity contribution in [1.82, 2.24) is 4.98 Å². The third-order valence-corrected chi connectivity index (χ3v) is 3.37. The van der Waals surface area contributed by atoms with Gasteiger partial charge in [0.05, 0.1) is 19.2 Å².